The summed E-state index contributed by atoms with van der Waals surface area (Å²) in [6.07, 6.45) is 0. The van der Waals surface area contributed by atoms with Crippen molar-refractivity contribution in [2.24, 2.45) is 21.7 Å². The average molecular weight is 835 g/mol. The van der Waals surface area contributed by atoms with Gasteiger partial charge in [-0.3, -0.25) is 0 Å². The molecule has 0 aliphatic heterocycles. The van der Waals surface area contributed by atoms with Crippen LogP contribution in [0.15, 0.2) is 97.1 Å². The van der Waals surface area contributed by atoms with E-state index in [-0.39, 0.29) is 48.1 Å². The molecule has 8 heteroatoms. The zero-order valence-corrected chi connectivity index (χ0v) is 36.4. The maximum Gasteiger partial charge on any atom is 0.0591 e. The fourth-order valence-corrected chi connectivity index (χ4v) is 3.76. The first-order valence-electron chi connectivity index (χ1n) is 17.7. The summed E-state index contributed by atoms with van der Waals surface area (Å²) in [5.41, 5.74) is 2.26. The maximum absolute atomic E-state index is 8.99. The highest BCUT2D eigenvalue weighted by atomic mass is 35.5. The molecule has 0 saturated carbocycles. The Bertz CT molecular complexity index is 1720. The Hall–Kier alpha value is -3.88. The minimum atomic E-state index is -0.348. The van der Waals surface area contributed by atoms with E-state index in [2.05, 4.69) is 47.4 Å². The van der Waals surface area contributed by atoms with Gasteiger partial charge < -0.3 is 20.4 Å². The second-order valence-electron chi connectivity index (χ2n) is 15.2. The van der Waals surface area contributed by atoms with Crippen molar-refractivity contribution in [1.29, 1.82) is 0 Å². The minimum Gasteiger partial charge on any atom is -0.395 e. The minimum absolute atomic E-state index is 0.0631. The average Bonchev–Trinajstić information content (AvgIpc) is 3.18. The van der Waals surface area contributed by atoms with Crippen LogP contribution in [0.5, 0.6) is 0 Å². The Balaban J connectivity index is 0.000000373. The topological polar surface area (TPSA) is 80.9 Å². The van der Waals surface area contributed by atoms with Gasteiger partial charge in [-0.05, 0) is 152 Å². The van der Waals surface area contributed by atoms with E-state index in [1.165, 1.54) is 0 Å². The van der Waals surface area contributed by atoms with Gasteiger partial charge >= 0.3 is 0 Å². The van der Waals surface area contributed by atoms with Crippen molar-refractivity contribution in [1.82, 2.24) is 0 Å². The lowest BCUT2D eigenvalue weighted by atomic mass is 9.95. The first-order chi connectivity index (χ1) is 26.1. The summed E-state index contributed by atoms with van der Waals surface area (Å²) in [5.74, 6) is 24.0. The zero-order valence-electron chi connectivity index (χ0n) is 33.4. The van der Waals surface area contributed by atoms with Gasteiger partial charge in [0.1, 0.15) is 0 Å². The van der Waals surface area contributed by atoms with Crippen molar-refractivity contribution >= 4 is 46.4 Å². The fraction of sp³-hybridized carbons (Fsp3) is 0.333. The van der Waals surface area contributed by atoms with Gasteiger partial charge in [0.25, 0.3) is 0 Å². The van der Waals surface area contributed by atoms with Crippen molar-refractivity contribution < 1.29 is 20.4 Å². The van der Waals surface area contributed by atoms with E-state index in [1.54, 1.807) is 48.5 Å². The quantitative estimate of drug-likeness (QED) is 0.154. The molecule has 0 fully saturated rings. The Labute approximate surface area is 355 Å². The summed E-state index contributed by atoms with van der Waals surface area (Å²) in [6, 6.07) is 29.3. The molecule has 0 atom stereocenters. The predicted molar refractivity (Wildman–Crippen MR) is 237 cm³/mol. The highest BCUT2D eigenvalue weighted by Crippen LogP contribution is 2.16. The van der Waals surface area contributed by atoms with E-state index in [0.29, 0.717) is 20.1 Å². The number of hydrogen-bond acceptors (Lipinski definition) is 4. The van der Waals surface area contributed by atoms with Crippen LogP contribution >= 0.6 is 46.4 Å². The van der Waals surface area contributed by atoms with Gasteiger partial charge in [0.05, 0.1) is 26.4 Å². The third-order valence-corrected chi connectivity index (χ3v) is 8.15. The molecule has 4 aromatic carbocycles. The Morgan fingerprint density at radius 2 is 0.464 bits per heavy atom. The molecule has 4 nitrogen and oxygen atoms in total. The first-order valence-corrected chi connectivity index (χ1v) is 19.2. The molecule has 4 aromatic rings. The molecular formula is C48H52Cl4O4. The van der Waals surface area contributed by atoms with Crippen LogP contribution in [0.2, 0.25) is 20.1 Å². The van der Waals surface area contributed by atoms with E-state index >= 15 is 0 Å². The summed E-state index contributed by atoms with van der Waals surface area (Å²) in [4.78, 5) is 0. The lowest BCUT2D eigenvalue weighted by molar-refractivity contribution is 0.206. The molecule has 0 heterocycles. The molecule has 0 bridgehead atoms. The number of rotatable bonds is 4. The highest BCUT2D eigenvalue weighted by Gasteiger charge is 2.13. The van der Waals surface area contributed by atoms with Gasteiger partial charge in [-0.25, -0.2) is 0 Å². The second-order valence-corrected chi connectivity index (χ2v) is 16.9. The van der Waals surface area contributed by atoms with Crippen LogP contribution in [0.1, 0.15) is 77.6 Å². The van der Waals surface area contributed by atoms with Gasteiger partial charge in [-0.2, -0.15) is 0 Å². The van der Waals surface area contributed by atoms with Crippen LogP contribution in [0.4, 0.5) is 0 Å². The third kappa shape index (κ3) is 23.2. The maximum atomic E-state index is 8.99. The third-order valence-electron chi connectivity index (χ3n) is 7.14. The van der Waals surface area contributed by atoms with Crippen LogP contribution in [-0.4, -0.2) is 46.9 Å². The summed E-state index contributed by atoms with van der Waals surface area (Å²) < 4.78 is 0. The predicted octanol–water partition coefficient (Wildman–Crippen LogP) is 10.8. The van der Waals surface area contributed by atoms with Gasteiger partial charge in [0.15, 0.2) is 0 Å². The van der Waals surface area contributed by atoms with E-state index < -0.39 is 0 Å². The Morgan fingerprint density at radius 3 is 0.589 bits per heavy atom. The molecule has 296 valence electrons. The largest absolute Gasteiger partial charge is 0.395 e. The lowest BCUT2D eigenvalue weighted by Crippen LogP contribution is -2.13. The second kappa shape index (κ2) is 24.7. The Morgan fingerprint density at radius 1 is 0.321 bits per heavy atom. The summed E-state index contributed by atoms with van der Waals surface area (Å²) >= 11 is 23.0. The Kier molecular flexibility index (Phi) is 22.1. The zero-order chi connectivity index (χ0) is 42.4. The number of aliphatic hydroxyl groups excluding tert-OH is 4. The molecule has 4 rings (SSSR count). The lowest BCUT2D eigenvalue weighted by Gasteiger charge is -2.11. The van der Waals surface area contributed by atoms with Gasteiger partial charge in [0.2, 0.25) is 0 Å². The monoisotopic (exact) mass is 832 g/mol. The molecule has 0 amide bonds. The molecule has 4 N–H and O–H groups in total. The highest BCUT2D eigenvalue weighted by molar-refractivity contribution is 6.31. The standard InChI is InChI=1S/4C12H13ClO/c4*1-12(2,9-14)8-7-10-3-5-11(13)6-4-10/h4*3-6,14H,9H2,1-2H3. The van der Waals surface area contributed by atoms with E-state index in [9.17, 15) is 0 Å². The molecule has 0 aliphatic rings. The molecular weight excluding hydrogens is 782 g/mol. The van der Waals surface area contributed by atoms with Gasteiger partial charge in [-0.15, -0.1) is 0 Å². The van der Waals surface area contributed by atoms with Crippen molar-refractivity contribution in [2.45, 2.75) is 55.4 Å². The first kappa shape index (κ1) is 50.1. The van der Waals surface area contributed by atoms with Crippen LogP contribution in [0.3, 0.4) is 0 Å². The number of halogens is 4. The molecule has 0 aliphatic carbocycles. The fourth-order valence-electron chi connectivity index (χ4n) is 3.26. The smallest absolute Gasteiger partial charge is 0.0591 e. The van der Waals surface area contributed by atoms with E-state index in [0.717, 1.165) is 22.3 Å². The van der Waals surface area contributed by atoms with Gasteiger partial charge in [0, 0.05) is 64.0 Å². The van der Waals surface area contributed by atoms with Crippen LogP contribution in [-0.2, 0) is 0 Å². The normalized spacial score (nSPS) is 10.6. The summed E-state index contributed by atoms with van der Waals surface area (Å²) in [6.45, 7) is 15.4. The van der Waals surface area contributed by atoms with Crippen LogP contribution in [0.25, 0.3) is 0 Å². The molecule has 56 heavy (non-hydrogen) atoms. The SMILES string of the molecule is CC(C)(C#Cc1ccc(Cl)cc1)CO.CC(C)(C#Cc1ccc(Cl)cc1)CO.CC(C)(C#Cc1ccc(Cl)cc1)CO.CC(C)(C#Cc1ccc(Cl)cc1)CO. The van der Waals surface area contributed by atoms with Crippen molar-refractivity contribution in [3.8, 4) is 47.4 Å². The van der Waals surface area contributed by atoms with E-state index in [1.807, 2.05) is 104 Å². The molecule has 0 spiro atoms. The van der Waals surface area contributed by atoms with Crippen molar-refractivity contribution in [2.75, 3.05) is 26.4 Å². The molecule has 0 aromatic heterocycles. The number of aliphatic hydroxyl groups is 4. The molecule has 0 radical (unpaired) electrons. The van der Waals surface area contributed by atoms with Crippen LogP contribution < -0.4 is 0 Å². The van der Waals surface area contributed by atoms with Gasteiger partial charge in [-0.1, -0.05) is 93.8 Å². The molecule has 0 saturated heterocycles. The van der Waals surface area contributed by atoms with Crippen molar-refractivity contribution in [3.05, 3.63) is 139 Å². The van der Waals surface area contributed by atoms with Crippen molar-refractivity contribution in [3.63, 3.8) is 0 Å². The number of hydrogen-bond donors (Lipinski definition) is 4. The molecule has 0 unspecified atom stereocenters. The summed E-state index contributed by atoms with van der Waals surface area (Å²) in [7, 11) is 0. The number of benzene rings is 4. The summed E-state index contributed by atoms with van der Waals surface area (Å²) in [5, 5.41) is 38.8. The van der Waals surface area contributed by atoms with Crippen LogP contribution in [0, 0.1) is 69.0 Å². The van der Waals surface area contributed by atoms with E-state index in [4.69, 9.17) is 66.8 Å².